The van der Waals surface area contributed by atoms with Crippen molar-refractivity contribution in [3.63, 3.8) is 0 Å². The molecule has 7 nitrogen and oxygen atoms in total. The zero-order valence-electron chi connectivity index (χ0n) is 21.1. The molecule has 2 aromatic rings. The van der Waals surface area contributed by atoms with E-state index in [2.05, 4.69) is 48.3 Å². The van der Waals surface area contributed by atoms with Gasteiger partial charge < -0.3 is 0 Å². The van der Waals surface area contributed by atoms with Gasteiger partial charge in [-0.1, -0.05) is 0 Å². The third-order valence-electron chi connectivity index (χ3n) is 5.30. The summed E-state index contributed by atoms with van der Waals surface area (Å²) in [6.45, 7) is 12.6. The average Bonchev–Trinajstić information content (AvgIpc) is 3.18. The average molecular weight is 586 g/mol. The number of rotatable bonds is 7. The zero-order valence-corrected chi connectivity index (χ0v) is 23.3. The number of nitrogens with one attached hydrogen (secondary N) is 2. The van der Waals surface area contributed by atoms with Crippen LogP contribution in [-0.2, 0) is 11.2 Å². The summed E-state index contributed by atoms with van der Waals surface area (Å²) in [5.41, 5.74) is 3.80. The molecule has 1 unspecified atom stereocenters. The Kier molecular flexibility index (Phi) is 8.93. The molecule has 0 saturated carbocycles. The first-order valence-electron chi connectivity index (χ1n) is 11.7. The fourth-order valence-corrected chi connectivity index (χ4v) is 5.81. The van der Waals surface area contributed by atoms with Crippen molar-refractivity contribution in [2.24, 2.45) is 15.4 Å². The number of aromatic nitrogens is 1. The fourth-order valence-electron chi connectivity index (χ4n) is 3.26. The minimum absolute atomic E-state index is 0.0732. The third-order valence-corrected chi connectivity index (χ3v) is 8.15. The number of aliphatic imine (C=N–C) groups is 2. The molecule has 2 amide bonds. The normalized spacial score (nSPS) is 15.3. The molecule has 0 aliphatic carbocycles. The Morgan fingerprint density at radius 1 is 1.09 bits per heavy atom. The first-order chi connectivity index (χ1) is 16.6. The number of hydrogen-bond donors (Lipinski definition) is 2. The standard InChI is InChI=1S/C27H33IN5O2/c1-7-19-8-10-21(11-9-19)24(34)33-26-28-22(18(3)32-26)23(30-16-27(4,5)6)25(35)31-17(2)20-12-14-29-15-13-20/h8-15,17H,7,16H2,1-6H3,(H,31,35)(H,32,33,34)/q-1. The van der Waals surface area contributed by atoms with Crippen LogP contribution in [0.2, 0.25) is 0 Å². The van der Waals surface area contributed by atoms with Crippen LogP contribution in [0.15, 0.2) is 68.1 Å². The number of nitrogens with zero attached hydrogens (tertiary/aromatic N) is 3. The summed E-state index contributed by atoms with van der Waals surface area (Å²) in [7, 11) is 0. The van der Waals surface area contributed by atoms with E-state index in [0.717, 1.165) is 21.3 Å². The molecule has 35 heavy (non-hydrogen) atoms. The Morgan fingerprint density at radius 2 is 1.74 bits per heavy atom. The van der Waals surface area contributed by atoms with Crippen molar-refractivity contribution in [3.05, 3.63) is 74.8 Å². The van der Waals surface area contributed by atoms with Crippen LogP contribution in [0.5, 0.6) is 0 Å². The number of pyridine rings is 1. The molecule has 2 heterocycles. The van der Waals surface area contributed by atoms with E-state index in [0.29, 0.717) is 21.7 Å². The maximum atomic E-state index is 13.4. The number of benzene rings is 1. The van der Waals surface area contributed by atoms with E-state index in [1.54, 1.807) is 12.4 Å². The van der Waals surface area contributed by atoms with Crippen LogP contribution >= 0.6 is 0 Å². The van der Waals surface area contributed by atoms with Gasteiger partial charge in [0, 0.05) is 0 Å². The number of amides is 2. The zero-order chi connectivity index (χ0) is 25.6. The van der Waals surface area contributed by atoms with Crippen molar-refractivity contribution in [3.8, 4) is 0 Å². The number of allylic oxidation sites excluding steroid dienone is 1. The third kappa shape index (κ3) is 7.55. The molecule has 8 heteroatoms. The van der Waals surface area contributed by atoms with E-state index in [9.17, 15) is 9.59 Å². The monoisotopic (exact) mass is 586 g/mol. The molecule has 1 atom stereocenters. The van der Waals surface area contributed by atoms with Crippen LogP contribution in [0.4, 0.5) is 0 Å². The molecule has 2 N–H and O–H groups in total. The Labute approximate surface area is 217 Å². The molecule has 1 aromatic heterocycles. The summed E-state index contributed by atoms with van der Waals surface area (Å²) in [4.78, 5) is 39.5. The van der Waals surface area contributed by atoms with Gasteiger partial charge in [0.05, 0.1) is 0 Å². The summed E-state index contributed by atoms with van der Waals surface area (Å²) >= 11 is -0.873. The van der Waals surface area contributed by atoms with Crippen LogP contribution in [0.25, 0.3) is 0 Å². The van der Waals surface area contributed by atoms with Gasteiger partial charge in [-0.15, -0.1) is 0 Å². The SMILES string of the molecule is CCc1ccc(C(=O)NC2=NC(C)=C(C(=NCC(C)(C)C)C(=O)NC(C)c3ccncc3)[I-]2)cc1. The molecule has 1 aliphatic rings. The summed E-state index contributed by atoms with van der Waals surface area (Å²) in [5, 5.41) is 6.02. The first kappa shape index (κ1) is 26.7. The van der Waals surface area contributed by atoms with Gasteiger partial charge in [-0.05, 0) is 0 Å². The Morgan fingerprint density at radius 3 is 2.34 bits per heavy atom. The van der Waals surface area contributed by atoms with Gasteiger partial charge in [0.15, 0.2) is 0 Å². The Bertz CT molecular complexity index is 1160. The van der Waals surface area contributed by atoms with Gasteiger partial charge in [-0.2, -0.15) is 0 Å². The summed E-state index contributed by atoms with van der Waals surface area (Å²) in [5.74, 6) is -0.422. The van der Waals surface area contributed by atoms with Crippen molar-refractivity contribution < 1.29 is 30.8 Å². The number of halogens is 1. The fraction of sp³-hybridized carbons (Fsp3) is 0.370. The van der Waals surface area contributed by atoms with Crippen LogP contribution in [-0.4, -0.2) is 32.9 Å². The summed E-state index contributed by atoms with van der Waals surface area (Å²) < 4.78 is 1.46. The van der Waals surface area contributed by atoms with E-state index in [1.807, 2.05) is 50.2 Å². The Balaban J connectivity index is 1.76. The topological polar surface area (TPSA) is 95.8 Å². The van der Waals surface area contributed by atoms with Gasteiger partial charge in [0.25, 0.3) is 0 Å². The van der Waals surface area contributed by atoms with Crippen LogP contribution < -0.4 is 31.8 Å². The molecular weight excluding hydrogens is 553 g/mol. The van der Waals surface area contributed by atoms with E-state index < -0.39 is 21.2 Å². The molecule has 1 aliphatic heterocycles. The molecule has 3 rings (SSSR count). The van der Waals surface area contributed by atoms with E-state index in [1.165, 1.54) is 5.56 Å². The minimum atomic E-state index is -0.873. The van der Waals surface area contributed by atoms with E-state index >= 15 is 0 Å². The molecule has 0 spiro atoms. The number of carbonyl (C=O) groups excluding carboxylic acids is 2. The Hall–Kier alpha value is -2.88. The van der Waals surface area contributed by atoms with E-state index in [-0.39, 0.29) is 23.3 Å². The molecule has 0 bridgehead atoms. The van der Waals surface area contributed by atoms with Gasteiger partial charge in [-0.25, -0.2) is 0 Å². The van der Waals surface area contributed by atoms with Crippen molar-refractivity contribution in [1.29, 1.82) is 0 Å². The molecule has 186 valence electrons. The second kappa shape index (κ2) is 11.7. The van der Waals surface area contributed by atoms with Gasteiger partial charge in [0.2, 0.25) is 0 Å². The quantitative estimate of drug-likeness (QED) is 0.292. The number of aryl methyl sites for hydroxylation is 1. The number of hydrogen-bond acceptors (Lipinski definition) is 5. The van der Waals surface area contributed by atoms with Gasteiger partial charge >= 0.3 is 218 Å². The van der Waals surface area contributed by atoms with Gasteiger partial charge in [-0.3, -0.25) is 0 Å². The molecular formula is C27H33IN5O2-. The second-order valence-corrected chi connectivity index (χ2v) is 12.2. The molecule has 1 aromatic carbocycles. The van der Waals surface area contributed by atoms with Crippen molar-refractivity contribution in [2.45, 2.75) is 54.0 Å². The summed E-state index contributed by atoms with van der Waals surface area (Å²) in [6.07, 6.45) is 4.34. The van der Waals surface area contributed by atoms with E-state index in [4.69, 9.17) is 4.99 Å². The summed E-state index contributed by atoms with van der Waals surface area (Å²) in [6, 6.07) is 11.1. The van der Waals surface area contributed by atoms with Crippen molar-refractivity contribution in [2.75, 3.05) is 6.54 Å². The van der Waals surface area contributed by atoms with Crippen molar-refractivity contribution >= 4 is 21.4 Å². The predicted molar refractivity (Wildman–Crippen MR) is 136 cm³/mol. The molecule has 0 saturated heterocycles. The number of amidine groups is 1. The molecule has 0 radical (unpaired) electrons. The second-order valence-electron chi connectivity index (χ2n) is 9.60. The van der Waals surface area contributed by atoms with Crippen LogP contribution in [0, 0.1) is 5.41 Å². The first-order valence-corrected chi connectivity index (χ1v) is 13.8. The van der Waals surface area contributed by atoms with Crippen LogP contribution in [0.3, 0.4) is 0 Å². The molecule has 0 fully saturated rings. The van der Waals surface area contributed by atoms with Crippen LogP contribution in [0.1, 0.15) is 69.1 Å². The predicted octanol–water partition coefficient (Wildman–Crippen LogP) is 1.43. The van der Waals surface area contributed by atoms with Gasteiger partial charge in [0.1, 0.15) is 0 Å². The van der Waals surface area contributed by atoms with Crippen molar-refractivity contribution in [1.82, 2.24) is 15.6 Å². The number of carbonyl (C=O) groups is 2. The maximum absolute atomic E-state index is 13.4.